The highest BCUT2D eigenvalue weighted by Gasteiger charge is 2.43. The van der Waals surface area contributed by atoms with Gasteiger partial charge < -0.3 is 14.1 Å². The molecule has 0 bridgehead atoms. The van der Waals surface area contributed by atoms with Crippen LogP contribution in [0.1, 0.15) is 66.8 Å². The van der Waals surface area contributed by atoms with E-state index >= 15 is 0 Å². The van der Waals surface area contributed by atoms with Gasteiger partial charge in [-0.2, -0.15) is 0 Å². The fourth-order valence-corrected chi connectivity index (χ4v) is 4.33. The molecule has 4 nitrogen and oxygen atoms in total. The number of furan rings is 1. The van der Waals surface area contributed by atoms with Gasteiger partial charge in [-0.3, -0.25) is 4.79 Å². The predicted octanol–water partition coefficient (Wildman–Crippen LogP) is 6.62. The van der Waals surface area contributed by atoms with E-state index in [-0.39, 0.29) is 11.9 Å². The Morgan fingerprint density at radius 3 is 2.30 bits per heavy atom. The minimum absolute atomic E-state index is 0.0280. The molecule has 1 aliphatic heterocycles. The maximum Gasteiger partial charge on any atom is 0.293 e. The second kappa shape index (κ2) is 9.21. The summed E-state index contributed by atoms with van der Waals surface area (Å²) in [7, 11) is 1.60. The van der Waals surface area contributed by atoms with Crippen molar-refractivity contribution < 1.29 is 13.9 Å². The van der Waals surface area contributed by atoms with Crippen LogP contribution < -0.4 is 4.74 Å². The summed E-state index contributed by atoms with van der Waals surface area (Å²) < 4.78 is 11.7. The minimum atomic E-state index is -0.0593. The maximum absolute atomic E-state index is 13.6. The molecular formula is C26H29NO3. The van der Waals surface area contributed by atoms with E-state index in [0.29, 0.717) is 18.1 Å². The fraction of sp³-hybridized carbons (Fsp3) is 0.346. The van der Waals surface area contributed by atoms with Gasteiger partial charge in [-0.05, 0) is 17.5 Å². The predicted molar refractivity (Wildman–Crippen MR) is 119 cm³/mol. The van der Waals surface area contributed by atoms with E-state index in [9.17, 15) is 4.79 Å². The number of rotatable bonds is 9. The van der Waals surface area contributed by atoms with E-state index in [4.69, 9.17) is 9.15 Å². The van der Waals surface area contributed by atoms with Crippen LogP contribution in [0.2, 0.25) is 0 Å². The van der Waals surface area contributed by atoms with Gasteiger partial charge in [-0.1, -0.05) is 93.3 Å². The number of unbranched alkanes of at least 4 members (excludes halogenated alkanes) is 3. The number of fused-ring (bicyclic) bond motifs is 1. The largest absolute Gasteiger partial charge is 0.468 e. The number of hydrogen-bond donors (Lipinski definition) is 0. The normalized spacial score (nSPS) is 15.5. The van der Waals surface area contributed by atoms with Gasteiger partial charge in [0.15, 0.2) is 0 Å². The van der Waals surface area contributed by atoms with Crippen molar-refractivity contribution in [1.29, 1.82) is 0 Å². The van der Waals surface area contributed by atoms with Crippen LogP contribution in [-0.2, 0) is 6.54 Å². The summed E-state index contributed by atoms with van der Waals surface area (Å²) in [6, 6.07) is 20.0. The molecule has 1 amide bonds. The van der Waals surface area contributed by atoms with Gasteiger partial charge in [0.1, 0.15) is 5.76 Å². The van der Waals surface area contributed by atoms with Crippen LogP contribution in [0.25, 0.3) is 11.1 Å². The molecule has 156 valence electrons. The van der Waals surface area contributed by atoms with Gasteiger partial charge in [0.25, 0.3) is 11.9 Å². The van der Waals surface area contributed by atoms with Crippen molar-refractivity contribution in [2.75, 3.05) is 7.11 Å². The van der Waals surface area contributed by atoms with Crippen molar-refractivity contribution in [3.05, 3.63) is 77.6 Å². The molecular weight excluding hydrogens is 374 g/mol. The minimum Gasteiger partial charge on any atom is -0.468 e. The lowest BCUT2D eigenvalue weighted by Gasteiger charge is -2.25. The van der Waals surface area contributed by atoms with Crippen LogP contribution in [0.5, 0.6) is 5.95 Å². The molecule has 4 rings (SSSR count). The van der Waals surface area contributed by atoms with Crippen molar-refractivity contribution in [3.63, 3.8) is 0 Å². The molecule has 2 aromatic carbocycles. The summed E-state index contributed by atoms with van der Waals surface area (Å²) in [6.45, 7) is 2.79. The van der Waals surface area contributed by atoms with Crippen molar-refractivity contribution in [3.8, 4) is 17.1 Å². The van der Waals surface area contributed by atoms with Crippen molar-refractivity contribution in [1.82, 2.24) is 4.90 Å². The van der Waals surface area contributed by atoms with Gasteiger partial charge in [-0.15, -0.1) is 0 Å². The van der Waals surface area contributed by atoms with Gasteiger partial charge >= 0.3 is 0 Å². The third kappa shape index (κ3) is 3.87. The van der Waals surface area contributed by atoms with Gasteiger partial charge in [0, 0.05) is 6.54 Å². The van der Waals surface area contributed by atoms with Gasteiger partial charge in [-0.25, -0.2) is 0 Å². The summed E-state index contributed by atoms with van der Waals surface area (Å²) in [6.07, 6.45) is 5.54. The van der Waals surface area contributed by atoms with E-state index in [1.165, 1.54) is 19.3 Å². The van der Waals surface area contributed by atoms with Crippen LogP contribution in [0.3, 0.4) is 0 Å². The molecule has 2 heterocycles. The van der Waals surface area contributed by atoms with E-state index in [2.05, 4.69) is 19.1 Å². The van der Waals surface area contributed by atoms with Crippen molar-refractivity contribution >= 4 is 5.91 Å². The quantitative estimate of drug-likeness (QED) is 0.377. The molecule has 1 aromatic heterocycles. The first-order valence-corrected chi connectivity index (χ1v) is 10.9. The molecule has 4 heteroatoms. The Balaban J connectivity index is 1.72. The number of ether oxygens (including phenoxy) is 1. The standard InChI is InChI=1S/C26H29NO3/c1-3-4-5-12-17-21-24-23(25(28)27(21)18-19-13-8-6-9-14-19)22(26(29-2)30-24)20-15-10-7-11-16-20/h6-11,13-16,21H,3-5,12,17-18H2,1-2H3. The van der Waals surface area contributed by atoms with Crippen LogP contribution in [0, 0.1) is 0 Å². The summed E-state index contributed by atoms with van der Waals surface area (Å²) in [4.78, 5) is 15.6. The third-order valence-electron chi connectivity index (χ3n) is 5.83. The summed E-state index contributed by atoms with van der Waals surface area (Å²) in [5.41, 5.74) is 3.50. The number of hydrogen-bond acceptors (Lipinski definition) is 3. The van der Waals surface area contributed by atoms with E-state index in [0.717, 1.165) is 35.3 Å². The number of nitrogens with zero attached hydrogens (tertiary/aromatic N) is 1. The van der Waals surface area contributed by atoms with Gasteiger partial charge in [0.2, 0.25) is 0 Å². The molecule has 1 aliphatic rings. The van der Waals surface area contributed by atoms with Crippen LogP contribution in [0.15, 0.2) is 65.1 Å². The molecule has 0 fully saturated rings. The molecule has 1 unspecified atom stereocenters. The Kier molecular flexibility index (Phi) is 6.22. The molecule has 0 saturated carbocycles. The second-order valence-corrected chi connectivity index (χ2v) is 7.86. The van der Waals surface area contributed by atoms with Crippen LogP contribution >= 0.6 is 0 Å². The average Bonchev–Trinajstić information content (AvgIpc) is 3.28. The molecule has 0 spiro atoms. The maximum atomic E-state index is 13.6. The smallest absolute Gasteiger partial charge is 0.293 e. The Morgan fingerprint density at radius 1 is 0.933 bits per heavy atom. The first kappa shape index (κ1) is 20.3. The zero-order valence-corrected chi connectivity index (χ0v) is 17.8. The number of amides is 1. The molecule has 0 saturated heterocycles. The number of benzene rings is 2. The monoisotopic (exact) mass is 403 g/mol. The number of carbonyl (C=O) groups excluding carboxylic acids is 1. The molecule has 0 aliphatic carbocycles. The SMILES string of the molecule is CCCCCCC1c2oc(OC)c(-c3ccccc3)c2C(=O)N1Cc1ccccc1. The molecule has 0 N–H and O–H groups in total. The summed E-state index contributed by atoms with van der Waals surface area (Å²) in [5, 5.41) is 0. The molecule has 1 atom stereocenters. The van der Waals surface area contributed by atoms with Gasteiger partial charge in [0.05, 0.1) is 24.3 Å². The Labute approximate surface area is 178 Å². The van der Waals surface area contributed by atoms with E-state index < -0.39 is 0 Å². The summed E-state index contributed by atoms with van der Waals surface area (Å²) >= 11 is 0. The lowest BCUT2D eigenvalue weighted by Crippen LogP contribution is -2.28. The topological polar surface area (TPSA) is 42.7 Å². The number of carbonyl (C=O) groups is 1. The van der Waals surface area contributed by atoms with Crippen LogP contribution in [-0.4, -0.2) is 17.9 Å². The average molecular weight is 404 g/mol. The highest BCUT2D eigenvalue weighted by atomic mass is 16.6. The lowest BCUT2D eigenvalue weighted by atomic mass is 10.0. The highest BCUT2D eigenvalue weighted by molar-refractivity contribution is 6.05. The van der Waals surface area contributed by atoms with E-state index in [1.807, 2.05) is 53.4 Å². The first-order chi connectivity index (χ1) is 14.7. The molecule has 0 radical (unpaired) electrons. The lowest BCUT2D eigenvalue weighted by molar-refractivity contribution is 0.0682. The highest BCUT2D eigenvalue weighted by Crippen LogP contribution is 2.48. The van der Waals surface area contributed by atoms with Crippen molar-refractivity contribution in [2.45, 2.75) is 51.6 Å². The second-order valence-electron chi connectivity index (χ2n) is 7.86. The zero-order chi connectivity index (χ0) is 20.9. The Hall–Kier alpha value is -3.01. The Morgan fingerprint density at radius 2 is 1.63 bits per heavy atom. The summed E-state index contributed by atoms with van der Waals surface area (Å²) in [5.74, 6) is 1.21. The van der Waals surface area contributed by atoms with E-state index in [1.54, 1.807) is 7.11 Å². The zero-order valence-electron chi connectivity index (χ0n) is 17.8. The Bertz CT molecular complexity index is 978. The van der Waals surface area contributed by atoms with Crippen molar-refractivity contribution in [2.24, 2.45) is 0 Å². The fourth-order valence-electron chi connectivity index (χ4n) is 4.33. The van der Waals surface area contributed by atoms with Crippen LogP contribution in [0.4, 0.5) is 0 Å². The molecule has 30 heavy (non-hydrogen) atoms. The first-order valence-electron chi connectivity index (χ1n) is 10.9. The number of methoxy groups -OCH3 is 1. The third-order valence-corrected chi connectivity index (χ3v) is 5.83. The molecule has 3 aromatic rings.